The predicted molar refractivity (Wildman–Crippen MR) is 67.0 cm³/mol. The molecule has 0 atom stereocenters. The molecule has 0 saturated heterocycles. The highest BCUT2D eigenvalue weighted by Gasteiger charge is 2.34. The highest BCUT2D eigenvalue weighted by molar-refractivity contribution is 6.22. The average molecular weight is 259 g/mol. The molecule has 1 aliphatic heterocycles. The van der Waals surface area contributed by atoms with E-state index in [1.165, 1.54) is 6.92 Å². The number of carboxylic acid groups (broad SMARTS) is 1. The van der Waals surface area contributed by atoms with Crippen molar-refractivity contribution in [2.75, 3.05) is 0 Å². The summed E-state index contributed by atoms with van der Waals surface area (Å²) >= 11 is 0. The smallest absolute Gasteiger partial charge is 0.341 e. The van der Waals surface area contributed by atoms with Gasteiger partial charge in [0.25, 0.3) is 5.91 Å². The van der Waals surface area contributed by atoms with Crippen LogP contribution in [0, 0.1) is 0 Å². The van der Waals surface area contributed by atoms with Gasteiger partial charge in [-0.25, -0.2) is 4.79 Å². The first kappa shape index (κ1) is 13.0. The maximum Gasteiger partial charge on any atom is 0.341 e. The van der Waals surface area contributed by atoms with Crippen molar-refractivity contribution < 1.29 is 19.5 Å². The zero-order valence-electron chi connectivity index (χ0n) is 10.4. The Hall–Kier alpha value is -2.43. The van der Waals surface area contributed by atoms with E-state index in [1.54, 1.807) is 24.3 Å². The van der Waals surface area contributed by atoms with Crippen molar-refractivity contribution >= 4 is 17.8 Å². The summed E-state index contributed by atoms with van der Waals surface area (Å²) in [5.74, 6) is -2.38. The number of hydrogen-bond donors (Lipinski definition) is 1. The highest BCUT2D eigenvalue weighted by Crippen LogP contribution is 2.22. The van der Waals surface area contributed by atoms with Crippen molar-refractivity contribution in [2.24, 2.45) is 0 Å². The van der Waals surface area contributed by atoms with E-state index in [1.807, 2.05) is 6.07 Å². The molecule has 0 aliphatic carbocycles. The first-order valence-corrected chi connectivity index (χ1v) is 5.82. The lowest BCUT2D eigenvalue weighted by atomic mass is 9.99. The Kier molecular flexibility index (Phi) is 3.46. The van der Waals surface area contributed by atoms with Gasteiger partial charge >= 0.3 is 5.97 Å². The van der Waals surface area contributed by atoms with Crippen LogP contribution in [-0.4, -0.2) is 27.8 Å². The Balaban J connectivity index is 2.30. The number of imide groups is 1. The van der Waals surface area contributed by atoms with Crippen LogP contribution in [0.2, 0.25) is 0 Å². The van der Waals surface area contributed by atoms with Gasteiger partial charge in [0, 0.05) is 6.42 Å². The maximum atomic E-state index is 12.1. The summed E-state index contributed by atoms with van der Waals surface area (Å²) in [4.78, 5) is 36.0. The van der Waals surface area contributed by atoms with Gasteiger partial charge < -0.3 is 5.11 Å². The fourth-order valence-corrected chi connectivity index (χ4v) is 2.04. The quantitative estimate of drug-likeness (QED) is 0.656. The van der Waals surface area contributed by atoms with Crippen molar-refractivity contribution in [3.05, 3.63) is 47.0 Å². The van der Waals surface area contributed by atoms with Gasteiger partial charge in [-0.05, 0) is 18.1 Å². The van der Waals surface area contributed by atoms with Crippen molar-refractivity contribution in [3.63, 3.8) is 0 Å². The fraction of sp³-hybridized carbons (Fsp3) is 0.214. The molecule has 0 radical (unpaired) electrons. The van der Waals surface area contributed by atoms with Crippen molar-refractivity contribution in [2.45, 2.75) is 19.9 Å². The molecule has 98 valence electrons. The molecule has 0 bridgehead atoms. The minimum atomic E-state index is -1.28. The monoisotopic (exact) mass is 259 g/mol. The minimum Gasteiger partial charge on any atom is -0.477 e. The third kappa shape index (κ3) is 2.54. The van der Waals surface area contributed by atoms with E-state index in [-0.39, 0.29) is 24.4 Å². The molecule has 5 nitrogen and oxygen atoms in total. The second-order valence-electron chi connectivity index (χ2n) is 4.41. The lowest BCUT2D eigenvalue weighted by molar-refractivity contribution is -0.146. The summed E-state index contributed by atoms with van der Waals surface area (Å²) < 4.78 is 0. The number of aliphatic carboxylic acids is 1. The molecule has 0 unspecified atom stereocenters. The zero-order valence-corrected chi connectivity index (χ0v) is 10.4. The van der Waals surface area contributed by atoms with E-state index >= 15 is 0 Å². The van der Waals surface area contributed by atoms with Crippen LogP contribution in [0.3, 0.4) is 0 Å². The molecule has 1 aromatic rings. The Morgan fingerprint density at radius 3 is 2.47 bits per heavy atom. The van der Waals surface area contributed by atoms with Crippen LogP contribution in [0.1, 0.15) is 18.9 Å². The van der Waals surface area contributed by atoms with Gasteiger partial charge in [-0.2, -0.15) is 0 Å². The number of hydrogen-bond acceptors (Lipinski definition) is 3. The number of rotatable bonds is 3. The number of benzene rings is 1. The molecule has 1 aliphatic rings. The Morgan fingerprint density at radius 2 is 1.89 bits per heavy atom. The number of carbonyl (C=O) groups is 3. The van der Waals surface area contributed by atoms with Crippen molar-refractivity contribution in [3.8, 4) is 0 Å². The molecule has 0 spiro atoms. The van der Waals surface area contributed by atoms with Crippen LogP contribution in [0.4, 0.5) is 0 Å². The lowest BCUT2D eigenvalue weighted by Crippen LogP contribution is -2.42. The molecule has 0 aromatic heterocycles. The van der Waals surface area contributed by atoms with E-state index in [0.717, 1.165) is 10.5 Å². The number of carboxylic acids is 1. The summed E-state index contributed by atoms with van der Waals surface area (Å²) in [6.45, 7) is 1.60. The fourth-order valence-electron chi connectivity index (χ4n) is 2.04. The van der Waals surface area contributed by atoms with E-state index < -0.39 is 11.9 Å². The van der Waals surface area contributed by atoms with Gasteiger partial charge in [-0.15, -0.1) is 0 Å². The Labute approximate surface area is 110 Å². The molecule has 5 heteroatoms. The lowest BCUT2D eigenvalue weighted by Gasteiger charge is -2.26. The molecule has 0 saturated carbocycles. The van der Waals surface area contributed by atoms with Crippen LogP contribution in [0.5, 0.6) is 0 Å². The highest BCUT2D eigenvalue weighted by atomic mass is 16.4. The topological polar surface area (TPSA) is 74.7 Å². The number of carbonyl (C=O) groups excluding carboxylic acids is 2. The van der Waals surface area contributed by atoms with Gasteiger partial charge in [0.15, 0.2) is 0 Å². The van der Waals surface area contributed by atoms with Crippen LogP contribution >= 0.6 is 0 Å². The van der Waals surface area contributed by atoms with Crippen molar-refractivity contribution in [1.82, 2.24) is 4.90 Å². The van der Waals surface area contributed by atoms with E-state index in [2.05, 4.69) is 0 Å². The summed E-state index contributed by atoms with van der Waals surface area (Å²) in [5, 5.41) is 9.03. The average Bonchev–Trinajstić information content (AvgIpc) is 2.35. The molecule has 2 rings (SSSR count). The first-order valence-electron chi connectivity index (χ1n) is 5.82. The maximum absolute atomic E-state index is 12.1. The summed E-state index contributed by atoms with van der Waals surface area (Å²) in [5.41, 5.74) is 0.802. The van der Waals surface area contributed by atoms with Crippen LogP contribution < -0.4 is 0 Å². The minimum absolute atomic E-state index is 0.0276. The Bertz CT molecular complexity index is 574. The normalized spacial score (nSPS) is 15.9. The molecule has 1 aromatic carbocycles. The SMILES string of the molecule is CC1=C(C(=O)O)C(=O)N(Cc2ccccc2)C(=O)C1. The van der Waals surface area contributed by atoms with Gasteiger partial charge in [0.2, 0.25) is 5.91 Å². The third-order valence-electron chi connectivity index (χ3n) is 3.00. The van der Waals surface area contributed by atoms with E-state index in [4.69, 9.17) is 5.11 Å². The van der Waals surface area contributed by atoms with Crippen LogP contribution in [0.15, 0.2) is 41.5 Å². The first-order chi connectivity index (χ1) is 9.00. The number of nitrogens with zero attached hydrogens (tertiary/aromatic N) is 1. The van der Waals surface area contributed by atoms with Crippen LogP contribution in [0.25, 0.3) is 0 Å². The molecule has 2 amide bonds. The van der Waals surface area contributed by atoms with Gasteiger partial charge in [-0.1, -0.05) is 30.3 Å². The van der Waals surface area contributed by atoms with Gasteiger partial charge in [0.1, 0.15) is 5.57 Å². The molecular weight excluding hydrogens is 246 g/mol. The summed E-state index contributed by atoms with van der Waals surface area (Å²) in [6, 6.07) is 9.00. The molecule has 1 heterocycles. The van der Waals surface area contributed by atoms with Crippen molar-refractivity contribution in [1.29, 1.82) is 0 Å². The number of amides is 2. The molecule has 0 fully saturated rings. The second-order valence-corrected chi connectivity index (χ2v) is 4.41. The standard InChI is InChI=1S/C14H13NO4/c1-9-7-11(16)15(13(17)12(9)14(18)19)8-10-5-3-2-4-6-10/h2-6H,7-8H2,1H3,(H,18,19). The van der Waals surface area contributed by atoms with E-state index in [0.29, 0.717) is 5.57 Å². The van der Waals surface area contributed by atoms with Gasteiger partial charge in [0.05, 0.1) is 6.54 Å². The second kappa shape index (κ2) is 5.06. The molecule has 19 heavy (non-hydrogen) atoms. The zero-order chi connectivity index (χ0) is 14.0. The summed E-state index contributed by atoms with van der Waals surface area (Å²) in [6.07, 6.45) is -0.0276. The third-order valence-corrected chi connectivity index (χ3v) is 3.00. The van der Waals surface area contributed by atoms with E-state index in [9.17, 15) is 14.4 Å². The Morgan fingerprint density at radius 1 is 1.26 bits per heavy atom. The molecular formula is C14H13NO4. The van der Waals surface area contributed by atoms with Crippen LogP contribution in [-0.2, 0) is 20.9 Å². The van der Waals surface area contributed by atoms with Gasteiger partial charge in [-0.3, -0.25) is 14.5 Å². The summed E-state index contributed by atoms with van der Waals surface area (Å²) in [7, 11) is 0. The molecule has 1 N–H and O–H groups in total. The predicted octanol–water partition coefficient (Wildman–Crippen LogP) is 1.35. The largest absolute Gasteiger partial charge is 0.477 e.